The van der Waals surface area contributed by atoms with Gasteiger partial charge in [-0.25, -0.2) is 0 Å². The normalized spacial score (nSPS) is 16.2. The number of alkyl halides is 1. The van der Waals surface area contributed by atoms with Crippen LogP contribution in [0.1, 0.15) is 40.1 Å². The molecule has 104 valence electrons. The third-order valence-electron chi connectivity index (χ3n) is 3.59. The van der Waals surface area contributed by atoms with Crippen LogP contribution in [0.3, 0.4) is 0 Å². The van der Waals surface area contributed by atoms with E-state index in [4.69, 9.17) is 4.42 Å². The number of benzene rings is 1. The number of anilines is 1. The molecule has 20 heavy (non-hydrogen) atoms. The molecular formula is C16H16BrNO2. The Hall–Kier alpha value is -1.55. The van der Waals surface area contributed by atoms with Crippen molar-refractivity contribution in [2.75, 3.05) is 5.32 Å². The average molecular weight is 334 g/mol. The first-order valence-corrected chi connectivity index (χ1v) is 7.67. The maximum atomic E-state index is 11.6. The smallest absolute Gasteiger partial charge is 0.224 e. The van der Waals surface area contributed by atoms with Crippen LogP contribution in [0.5, 0.6) is 0 Å². The Kier molecular flexibility index (Phi) is 3.66. The highest BCUT2D eigenvalue weighted by Crippen LogP contribution is 2.34. The Bertz CT molecular complexity index is 648. The number of carbonyl (C=O) groups is 1. The first-order chi connectivity index (χ1) is 9.63. The Morgan fingerprint density at radius 3 is 2.85 bits per heavy atom. The number of rotatable bonds is 2. The Morgan fingerprint density at radius 2 is 2.10 bits per heavy atom. The molecule has 3 rings (SSSR count). The van der Waals surface area contributed by atoms with Crippen molar-refractivity contribution in [2.24, 2.45) is 0 Å². The molecule has 1 aromatic heterocycles. The van der Waals surface area contributed by atoms with Gasteiger partial charge in [-0.1, -0.05) is 28.1 Å². The Labute approximate surface area is 126 Å². The number of fused-ring (bicyclic) bond motifs is 1. The van der Waals surface area contributed by atoms with Gasteiger partial charge in [0.25, 0.3) is 0 Å². The van der Waals surface area contributed by atoms with E-state index in [1.54, 1.807) is 6.26 Å². The zero-order valence-corrected chi connectivity index (χ0v) is 12.9. The van der Waals surface area contributed by atoms with Crippen molar-refractivity contribution < 1.29 is 9.21 Å². The zero-order valence-electron chi connectivity index (χ0n) is 11.3. The number of nitrogens with one attached hydrogen (secondary N) is 1. The highest BCUT2D eigenvalue weighted by atomic mass is 79.9. The molecule has 1 unspecified atom stereocenters. The molecule has 0 saturated heterocycles. The maximum Gasteiger partial charge on any atom is 0.224 e. The summed E-state index contributed by atoms with van der Waals surface area (Å²) in [5, 5.41) is 2.96. The molecule has 3 nitrogen and oxygen atoms in total. The predicted octanol–water partition coefficient (Wildman–Crippen LogP) is 4.35. The summed E-state index contributed by atoms with van der Waals surface area (Å²) in [5.74, 6) is 1.02. The topological polar surface area (TPSA) is 42.2 Å². The van der Waals surface area contributed by atoms with Crippen LogP contribution in [-0.2, 0) is 11.2 Å². The van der Waals surface area contributed by atoms with E-state index in [0.29, 0.717) is 6.42 Å². The van der Waals surface area contributed by atoms with Crippen molar-refractivity contribution in [1.82, 2.24) is 0 Å². The van der Waals surface area contributed by atoms with Crippen molar-refractivity contribution in [3.05, 3.63) is 53.0 Å². The molecule has 1 aliphatic heterocycles. The van der Waals surface area contributed by atoms with Gasteiger partial charge in [-0.3, -0.25) is 4.79 Å². The fourth-order valence-electron chi connectivity index (χ4n) is 2.54. The summed E-state index contributed by atoms with van der Waals surface area (Å²) in [5.41, 5.74) is 4.44. The zero-order chi connectivity index (χ0) is 14.1. The minimum absolute atomic E-state index is 0.109. The van der Waals surface area contributed by atoms with Gasteiger partial charge in [0.05, 0.1) is 11.1 Å². The van der Waals surface area contributed by atoms with Crippen molar-refractivity contribution in [3.8, 4) is 0 Å². The van der Waals surface area contributed by atoms with E-state index in [0.717, 1.165) is 29.9 Å². The lowest BCUT2D eigenvalue weighted by atomic mass is 10.0. The van der Waals surface area contributed by atoms with Crippen LogP contribution < -0.4 is 5.32 Å². The summed E-state index contributed by atoms with van der Waals surface area (Å²) >= 11 is 3.72. The number of carbonyl (C=O) groups excluding carboxylic acids is 1. The average Bonchev–Trinajstić information content (AvgIpc) is 2.77. The number of furan rings is 1. The molecule has 0 bridgehead atoms. The first-order valence-electron chi connectivity index (χ1n) is 6.75. The highest BCUT2D eigenvalue weighted by Gasteiger charge is 2.17. The summed E-state index contributed by atoms with van der Waals surface area (Å²) in [6, 6.07) is 8.25. The molecule has 1 aliphatic rings. The van der Waals surface area contributed by atoms with Crippen molar-refractivity contribution in [3.63, 3.8) is 0 Å². The molecule has 1 N–H and O–H groups in total. The Morgan fingerprint density at radius 1 is 1.25 bits per heavy atom. The van der Waals surface area contributed by atoms with E-state index in [9.17, 15) is 4.79 Å². The predicted molar refractivity (Wildman–Crippen MR) is 82.2 cm³/mol. The number of hydrogen-bond donors (Lipinski definition) is 1. The number of halogens is 1. The van der Waals surface area contributed by atoms with Gasteiger partial charge in [-0.05, 0) is 43.0 Å². The van der Waals surface area contributed by atoms with Crippen LogP contribution in [0.4, 0.5) is 5.69 Å². The second-order valence-electron chi connectivity index (χ2n) is 5.17. The molecule has 1 atom stereocenters. The maximum absolute atomic E-state index is 11.6. The van der Waals surface area contributed by atoms with E-state index in [1.165, 1.54) is 11.1 Å². The monoisotopic (exact) mass is 333 g/mol. The van der Waals surface area contributed by atoms with Crippen molar-refractivity contribution in [2.45, 2.75) is 31.0 Å². The van der Waals surface area contributed by atoms with Crippen LogP contribution in [0.15, 0.2) is 34.9 Å². The van der Waals surface area contributed by atoms with Crippen LogP contribution in [0.25, 0.3) is 0 Å². The summed E-state index contributed by atoms with van der Waals surface area (Å²) in [7, 11) is 0. The van der Waals surface area contributed by atoms with Crippen LogP contribution >= 0.6 is 15.9 Å². The largest absolute Gasteiger partial charge is 0.469 e. The van der Waals surface area contributed by atoms with E-state index < -0.39 is 0 Å². The second kappa shape index (κ2) is 5.44. The second-order valence-corrected chi connectivity index (χ2v) is 6.09. The molecular weight excluding hydrogens is 318 g/mol. The van der Waals surface area contributed by atoms with E-state index >= 15 is 0 Å². The lowest BCUT2D eigenvalue weighted by Gasteiger charge is -2.12. The van der Waals surface area contributed by atoms with Gasteiger partial charge in [0.1, 0.15) is 5.76 Å². The summed E-state index contributed by atoms with van der Waals surface area (Å²) < 4.78 is 5.37. The minimum atomic E-state index is 0.109. The molecule has 0 aliphatic carbocycles. The molecule has 4 heteroatoms. The number of aryl methyl sites for hydroxylation is 2. The van der Waals surface area contributed by atoms with Crippen LogP contribution in [-0.4, -0.2) is 5.91 Å². The first kappa shape index (κ1) is 13.4. The molecule has 0 spiro atoms. The van der Waals surface area contributed by atoms with Gasteiger partial charge in [-0.15, -0.1) is 0 Å². The number of amides is 1. The standard InChI is InChI=1S/C16H16BrNO2/c1-10-7-13(9-20-10)16(17)12-5-6-14-11(8-12)3-2-4-15(19)18-14/h5-9,16H,2-4H2,1H3,(H,18,19). The lowest BCUT2D eigenvalue weighted by molar-refractivity contribution is -0.116. The van der Waals surface area contributed by atoms with E-state index in [1.807, 2.05) is 25.1 Å². The van der Waals surface area contributed by atoms with Crippen molar-refractivity contribution in [1.29, 1.82) is 0 Å². The molecule has 2 aromatic rings. The van der Waals surface area contributed by atoms with Crippen LogP contribution in [0.2, 0.25) is 0 Å². The van der Waals surface area contributed by atoms with E-state index in [-0.39, 0.29) is 10.7 Å². The third kappa shape index (κ3) is 2.66. The Balaban J connectivity index is 1.92. The van der Waals surface area contributed by atoms with Crippen LogP contribution in [0, 0.1) is 6.92 Å². The lowest BCUT2D eigenvalue weighted by Crippen LogP contribution is -2.09. The molecule has 2 heterocycles. The fraction of sp³-hybridized carbons (Fsp3) is 0.312. The van der Waals surface area contributed by atoms with E-state index in [2.05, 4.69) is 27.3 Å². The fourth-order valence-corrected chi connectivity index (χ4v) is 3.07. The quantitative estimate of drug-likeness (QED) is 0.830. The van der Waals surface area contributed by atoms with Gasteiger partial charge in [-0.2, -0.15) is 0 Å². The molecule has 0 saturated carbocycles. The van der Waals surface area contributed by atoms with Crippen molar-refractivity contribution >= 4 is 27.5 Å². The number of hydrogen-bond acceptors (Lipinski definition) is 2. The van der Waals surface area contributed by atoms with Gasteiger partial charge >= 0.3 is 0 Å². The third-order valence-corrected chi connectivity index (χ3v) is 4.65. The molecule has 1 amide bonds. The van der Waals surface area contributed by atoms with Gasteiger partial charge in [0.15, 0.2) is 0 Å². The van der Waals surface area contributed by atoms with Gasteiger partial charge in [0, 0.05) is 17.7 Å². The summed E-state index contributed by atoms with van der Waals surface area (Å²) in [4.78, 5) is 11.7. The minimum Gasteiger partial charge on any atom is -0.469 e. The summed E-state index contributed by atoms with van der Waals surface area (Å²) in [6.45, 7) is 1.94. The van der Waals surface area contributed by atoms with Gasteiger partial charge < -0.3 is 9.73 Å². The molecule has 1 aromatic carbocycles. The summed E-state index contributed by atoms with van der Waals surface area (Å²) in [6.07, 6.45) is 4.22. The SMILES string of the molecule is Cc1cc(C(Br)c2ccc3c(c2)CCCC(=O)N3)co1. The molecule has 0 radical (unpaired) electrons. The molecule has 0 fully saturated rings. The highest BCUT2D eigenvalue weighted by molar-refractivity contribution is 9.09. The van der Waals surface area contributed by atoms with Gasteiger partial charge in [0.2, 0.25) is 5.91 Å².